The van der Waals surface area contributed by atoms with Crippen molar-refractivity contribution >= 4 is 0 Å². The number of halogens is 3. The van der Waals surface area contributed by atoms with E-state index in [-0.39, 0.29) is 0 Å². The summed E-state index contributed by atoms with van der Waals surface area (Å²) >= 11 is 0. The fourth-order valence-electron chi connectivity index (χ4n) is 6.22. The zero-order valence-electron chi connectivity index (χ0n) is 18.7. The van der Waals surface area contributed by atoms with E-state index in [2.05, 4.69) is 19.1 Å². The third-order valence-electron chi connectivity index (χ3n) is 8.33. The molecule has 0 N–H and O–H groups in total. The van der Waals surface area contributed by atoms with Gasteiger partial charge in [0.25, 0.3) is 0 Å². The Kier molecular flexibility index (Phi) is 7.08. The molecular weight excluding hydrogens is 393 g/mol. The van der Waals surface area contributed by atoms with Gasteiger partial charge in [-0.2, -0.15) is 0 Å². The van der Waals surface area contributed by atoms with Crippen molar-refractivity contribution in [2.45, 2.75) is 84.0 Å². The first-order valence-electron chi connectivity index (χ1n) is 12.2. The summed E-state index contributed by atoms with van der Waals surface area (Å²) in [5.74, 6) is -1.91. The minimum atomic E-state index is -1.41. The topological polar surface area (TPSA) is 0 Å². The van der Waals surface area contributed by atoms with Crippen LogP contribution in [0.1, 0.15) is 83.1 Å². The summed E-state index contributed by atoms with van der Waals surface area (Å²) in [5, 5.41) is 0. The monoisotopic (exact) mass is 428 g/mol. The van der Waals surface area contributed by atoms with E-state index in [1.807, 2.05) is 12.1 Å². The lowest BCUT2D eigenvalue weighted by molar-refractivity contribution is 0.0392. The van der Waals surface area contributed by atoms with E-state index in [4.69, 9.17) is 0 Å². The highest BCUT2D eigenvalue weighted by molar-refractivity contribution is 5.63. The Hall–Kier alpha value is -1.77. The van der Waals surface area contributed by atoms with Crippen LogP contribution >= 0.6 is 0 Å². The Morgan fingerprint density at radius 2 is 1.42 bits per heavy atom. The minimum absolute atomic E-state index is 0.375. The Bertz CT molecular complexity index is 833. The molecule has 0 spiro atoms. The predicted octanol–water partition coefficient (Wildman–Crippen LogP) is 8.87. The van der Waals surface area contributed by atoms with Gasteiger partial charge < -0.3 is 0 Å². The molecule has 0 aliphatic heterocycles. The summed E-state index contributed by atoms with van der Waals surface area (Å²) in [6.07, 6.45) is 16.1. The molecule has 0 nitrogen and oxygen atoms in total. The first kappa shape index (κ1) is 22.4. The molecule has 2 saturated carbocycles. The van der Waals surface area contributed by atoms with Crippen molar-refractivity contribution in [1.82, 2.24) is 0 Å². The molecule has 0 bridgehead atoms. The van der Waals surface area contributed by atoms with Crippen LogP contribution in [0, 0.1) is 34.7 Å². The summed E-state index contributed by atoms with van der Waals surface area (Å²) in [7, 11) is 0. The highest BCUT2D eigenvalue weighted by Gasteiger charge is 2.41. The lowest BCUT2D eigenvalue weighted by atomic mass is 9.58. The molecule has 2 aliphatic rings. The second-order valence-corrected chi connectivity index (χ2v) is 10.00. The Labute approximate surface area is 185 Å². The molecule has 168 valence electrons. The van der Waals surface area contributed by atoms with Crippen molar-refractivity contribution in [2.75, 3.05) is 0 Å². The summed E-state index contributed by atoms with van der Waals surface area (Å²) in [5.41, 5.74) is 2.86. The van der Waals surface area contributed by atoms with Crippen molar-refractivity contribution in [3.63, 3.8) is 0 Å². The lowest BCUT2D eigenvalue weighted by Gasteiger charge is -2.47. The van der Waals surface area contributed by atoms with E-state index in [0.717, 1.165) is 30.4 Å². The first-order valence-corrected chi connectivity index (χ1v) is 12.2. The van der Waals surface area contributed by atoms with E-state index in [9.17, 15) is 13.2 Å². The number of hydrogen-bond acceptors (Lipinski definition) is 0. The average Bonchev–Trinajstić information content (AvgIpc) is 2.82. The first-order chi connectivity index (χ1) is 15.0. The quantitative estimate of drug-likeness (QED) is 0.403. The highest BCUT2D eigenvalue weighted by Crippen LogP contribution is 2.52. The maximum absolute atomic E-state index is 13.6. The smallest absolute Gasteiger partial charge is 0.194 e. The van der Waals surface area contributed by atoms with Gasteiger partial charge in [0.1, 0.15) is 0 Å². The second kappa shape index (κ2) is 9.79. The van der Waals surface area contributed by atoms with E-state index in [0.29, 0.717) is 16.5 Å². The molecule has 0 saturated heterocycles. The number of aryl methyl sites for hydroxylation is 1. The van der Waals surface area contributed by atoms with Gasteiger partial charge in [0, 0.05) is 0 Å². The molecule has 2 aliphatic carbocycles. The minimum Gasteiger partial charge on any atom is -0.204 e. The predicted molar refractivity (Wildman–Crippen MR) is 121 cm³/mol. The van der Waals surface area contributed by atoms with Crippen LogP contribution in [0.15, 0.2) is 36.4 Å². The van der Waals surface area contributed by atoms with Crippen LogP contribution in [0.4, 0.5) is 13.2 Å². The highest BCUT2D eigenvalue weighted by atomic mass is 19.2. The largest absolute Gasteiger partial charge is 0.204 e. The van der Waals surface area contributed by atoms with Crippen molar-refractivity contribution in [1.29, 1.82) is 0 Å². The molecule has 3 heteroatoms. The number of hydrogen-bond donors (Lipinski definition) is 0. The molecule has 0 unspecified atom stereocenters. The number of rotatable bonds is 6. The van der Waals surface area contributed by atoms with E-state index in [1.165, 1.54) is 76.2 Å². The van der Waals surface area contributed by atoms with Crippen LogP contribution < -0.4 is 0 Å². The molecule has 0 amide bonds. The van der Waals surface area contributed by atoms with Gasteiger partial charge in [-0.15, -0.1) is 0 Å². The molecule has 2 aromatic carbocycles. The summed E-state index contributed by atoms with van der Waals surface area (Å²) in [6.45, 7) is 2.33. The fraction of sp³-hybridized carbons (Fsp3) is 0.571. The van der Waals surface area contributed by atoms with Crippen LogP contribution in [0.25, 0.3) is 11.1 Å². The van der Waals surface area contributed by atoms with E-state index < -0.39 is 17.5 Å². The van der Waals surface area contributed by atoms with Crippen molar-refractivity contribution in [3.05, 3.63) is 59.4 Å². The van der Waals surface area contributed by atoms with Gasteiger partial charge in [-0.3, -0.25) is 0 Å². The number of benzene rings is 2. The Morgan fingerprint density at radius 3 is 2.00 bits per heavy atom. The second-order valence-electron chi connectivity index (χ2n) is 10.00. The molecule has 0 aromatic heterocycles. The van der Waals surface area contributed by atoms with Crippen molar-refractivity contribution < 1.29 is 13.2 Å². The molecule has 2 fully saturated rings. The van der Waals surface area contributed by atoms with Crippen molar-refractivity contribution in [3.8, 4) is 11.1 Å². The summed E-state index contributed by atoms with van der Waals surface area (Å²) < 4.78 is 40.4. The maximum Gasteiger partial charge on any atom is 0.194 e. The van der Waals surface area contributed by atoms with Crippen LogP contribution in [-0.4, -0.2) is 0 Å². The summed E-state index contributed by atoms with van der Waals surface area (Å²) in [6, 6.07) is 10.1. The molecule has 2 aromatic rings. The van der Waals surface area contributed by atoms with Crippen LogP contribution in [0.5, 0.6) is 0 Å². The zero-order valence-corrected chi connectivity index (χ0v) is 18.7. The molecule has 0 heterocycles. The SMILES string of the molecule is CCC1CCC(CCc2ccc(-c3cc(F)c(F)c(F)c3)cc2)(C2CCCCC2)CC1. The molecule has 0 atom stereocenters. The fourth-order valence-corrected chi connectivity index (χ4v) is 6.22. The van der Waals surface area contributed by atoms with Gasteiger partial charge in [-0.1, -0.05) is 56.9 Å². The van der Waals surface area contributed by atoms with Crippen LogP contribution in [-0.2, 0) is 6.42 Å². The van der Waals surface area contributed by atoms with Gasteiger partial charge >= 0.3 is 0 Å². The Balaban J connectivity index is 1.46. The molecule has 4 rings (SSSR count). The van der Waals surface area contributed by atoms with Gasteiger partial charge in [0.15, 0.2) is 17.5 Å². The van der Waals surface area contributed by atoms with E-state index >= 15 is 0 Å². The van der Waals surface area contributed by atoms with Gasteiger partial charge in [-0.05, 0) is 97.4 Å². The van der Waals surface area contributed by atoms with Gasteiger partial charge in [-0.25, -0.2) is 13.2 Å². The van der Waals surface area contributed by atoms with E-state index in [1.54, 1.807) is 0 Å². The van der Waals surface area contributed by atoms with Crippen molar-refractivity contribution in [2.24, 2.45) is 17.3 Å². The third kappa shape index (κ3) is 5.02. The third-order valence-corrected chi connectivity index (χ3v) is 8.33. The lowest BCUT2D eigenvalue weighted by Crippen LogP contribution is -2.36. The molecule has 0 radical (unpaired) electrons. The molecular formula is C28H35F3. The zero-order chi connectivity index (χ0) is 21.8. The Morgan fingerprint density at radius 1 is 0.806 bits per heavy atom. The van der Waals surface area contributed by atoms with Crippen LogP contribution in [0.2, 0.25) is 0 Å². The standard InChI is InChI=1S/C28H35F3/c1-2-20-12-15-28(16-13-20,24-6-4-3-5-7-24)17-14-21-8-10-22(11-9-21)23-18-25(29)27(31)26(30)19-23/h8-11,18-20,24H,2-7,12-17H2,1H3. The average molecular weight is 429 g/mol. The molecule has 31 heavy (non-hydrogen) atoms. The maximum atomic E-state index is 13.6. The summed E-state index contributed by atoms with van der Waals surface area (Å²) in [4.78, 5) is 0. The van der Waals surface area contributed by atoms with Crippen LogP contribution in [0.3, 0.4) is 0 Å². The van der Waals surface area contributed by atoms with Gasteiger partial charge in [0.05, 0.1) is 0 Å². The van der Waals surface area contributed by atoms with Gasteiger partial charge in [0.2, 0.25) is 0 Å². The normalized spacial score (nSPS) is 25.0.